The maximum Gasteiger partial charge on any atom is 0.218 e. The van der Waals surface area contributed by atoms with Crippen molar-refractivity contribution in [1.82, 2.24) is 4.98 Å². The molecular weight excluding hydrogens is 240 g/mol. The zero-order valence-corrected chi connectivity index (χ0v) is 10.5. The summed E-state index contributed by atoms with van der Waals surface area (Å²) in [6, 6.07) is 10.0. The summed E-state index contributed by atoms with van der Waals surface area (Å²) < 4.78 is 0. The van der Waals surface area contributed by atoms with Gasteiger partial charge < -0.3 is 17.2 Å². The second-order valence-electron chi connectivity index (χ2n) is 4.02. The fraction of sp³-hybridized carbons (Fsp3) is 0.154. The van der Waals surface area contributed by atoms with Crippen LogP contribution in [-0.2, 0) is 6.42 Å². The van der Waals surface area contributed by atoms with Gasteiger partial charge in [-0.25, -0.2) is 0 Å². The van der Waals surface area contributed by atoms with Crippen LogP contribution in [0.5, 0.6) is 0 Å². The Labute approximate surface area is 111 Å². The molecule has 1 heterocycles. The van der Waals surface area contributed by atoms with Gasteiger partial charge >= 0.3 is 0 Å². The van der Waals surface area contributed by atoms with E-state index in [1.807, 2.05) is 30.3 Å². The minimum Gasteiger partial charge on any atom is -0.370 e. The summed E-state index contributed by atoms with van der Waals surface area (Å²) in [7, 11) is 0. The maximum absolute atomic E-state index is 5.54. The smallest absolute Gasteiger partial charge is 0.218 e. The molecule has 0 unspecified atom stereocenters. The Bertz CT molecular complexity index is 623. The van der Waals surface area contributed by atoms with Gasteiger partial charge in [0.05, 0.1) is 5.52 Å². The molecule has 0 aliphatic rings. The van der Waals surface area contributed by atoms with Crippen LogP contribution in [0.15, 0.2) is 46.5 Å². The van der Waals surface area contributed by atoms with Gasteiger partial charge in [0.25, 0.3) is 0 Å². The molecule has 0 atom stereocenters. The molecule has 0 radical (unpaired) electrons. The molecule has 0 saturated heterocycles. The quantitative estimate of drug-likeness (QED) is 0.543. The van der Waals surface area contributed by atoms with Gasteiger partial charge in [-0.05, 0) is 18.1 Å². The first-order valence-corrected chi connectivity index (χ1v) is 5.89. The second-order valence-corrected chi connectivity index (χ2v) is 4.02. The van der Waals surface area contributed by atoms with Crippen LogP contribution in [0, 0.1) is 0 Å². The lowest BCUT2D eigenvalue weighted by atomic mass is 10.1. The van der Waals surface area contributed by atoms with Crippen LogP contribution in [0.1, 0.15) is 5.56 Å². The minimum absolute atomic E-state index is 0.0897. The largest absolute Gasteiger partial charge is 0.370 e. The van der Waals surface area contributed by atoms with Crippen molar-refractivity contribution in [2.45, 2.75) is 6.42 Å². The first-order chi connectivity index (χ1) is 9.16. The maximum atomic E-state index is 5.54. The minimum atomic E-state index is -0.0897. The first kappa shape index (κ1) is 12.8. The average molecular weight is 256 g/mol. The molecule has 0 aliphatic carbocycles. The van der Waals surface area contributed by atoms with Crippen molar-refractivity contribution in [1.29, 1.82) is 0 Å². The van der Waals surface area contributed by atoms with Crippen molar-refractivity contribution in [3.8, 4) is 0 Å². The van der Waals surface area contributed by atoms with E-state index in [0.29, 0.717) is 6.54 Å². The average Bonchev–Trinajstić information content (AvgIpc) is 2.38. The summed E-state index contributed by atoms with van der Waals surface area (Å²) in [5.41, 5.74) is 18.1. The summed E-state index contributed by atoms with van der Waals surface area (Å²) in [6.07, 6.45) is 2.51. The Balaban J connectivity index is 2.12. The first-order valence-electron chi connectivity index (χ1n) is 5.89. The normalized spacial score (nSPS) is 11.5. The number of guanidine groups is 2. The van der Waals surface area contributed by atoms with Crippen LogP contribution >= 0.6 is 0 Å². The molecule has 6 N–H and O–H groups in total. The number of hydrogen-bond acceptors (Lipinski definition) is 2. The van der Waals surface area contributed by atoms with E-state index in [2.05, 4.69) is 15.0 Å². The summed E-state index contributed by atoms with van der Waals surface area (Å²) >= 11 is 0. The van der Waals surface area contributed by atoms with E-state index in [9.17, 15) is 0 Å². The van der Waals surface area contributed by atoms with Crippen molar-refractivity contribution in [3.63, 3.8) is 0 Å². The highest BCUT2D eigenvalue weighted by atomic mass is 15.1. The monoisotopic (exact) mass is 256 g/mol. The van der Waals surface area contributed by atoms with Gasteiger partial charge in [-0.3, -0.25) is 9.98 Å². The van der Waals surface area contributed by atoms with E-state index < -0.39 is 0 Å². The molecule has 1 aromatic carbocycles. The molecule has 0 amide bonds. The second kappa shape index (κ2) is 5.81. The van der Waals surface area contributed by atoms with Gasteiger partial charge in [0.1, 0.15) is 0 Å². The molecule has 0 bridgehead atoms. The van der Waals surface area contributed by atoms with E-state index in [-0.39, 0.29) is 11.9 Å². The van der Waals surface area contributed by atoms with Gasteiger partial charge in [-0.1, -0.05) is 24.3 Å². The molecule has 2 aromatic rings. The Kier molecular flexibility index (Phi) is 3.92. The summed E-state index contributed by atoms with van der Waals surface area (Å²) in [5.74, 6) is 0.00118. The fourth-order valence-corrected chi connectivity index (χ4v) is 1.83. The van der Waals surface area contributed by atoms with Crippen molar-refractivity contribution >= 4 is 22.8 Å². The zero-order chi connectivity index (χ0) is 13.7. The SMILES string of the molecule is NC(N)=NC(N)=NCCc1cccc2cccnc12. The molecule has 0 saturated carbocycles. The number of pyridine rings is 1. The lowest BCUT2D eigenvalue weighted by molar-refractivity contribution is 0.966. The highest BCUT2D eigenvalue weighted by Gasteiger charge is 2.01. The van der Waals surface area contributed by atoms with Crippen LogP contribution in [-0.4, -0.2) is 23.4 Å². The number of aromatic nitrogens is 1. The third kappa shape index (κ3) is 3.41. The predicted molar refractivity (Wildman–Crippen MR) is 77.7 cm³/mol. The molecule has 6 nitrogen and oxygen atoms in total. The van der Waals surface area contributed by atoms with Crippen LogP contribution in [0.2, 0.25) is 0 Å². The number of para-hydroxylation sites is 1. The number of hydrogen-bond donors (Lipinski definition) is 3. The third-order valence-electron chi connectivity index (χ3n) is 2.61. The van der Waals surface area contributed by atoms with Crippen LogP contribution in [0.25, 0.3) is 10.9 Å². The summed E-state index contributed by atoms with van der Waals surface area (Å²) in [4.78, 5) is 12.1. The number of nitrogens with zero attached hydrogens (tertiary/aromatic N) is 3. The topological polar surface area (TPSA) is 116 Å². The molecule has 6 heteroatoms. The fourth-order valence-electron chi connectivity index (χ4n) is 1.83. The van der Waals surface area contributed by atoms with Crippen molar-refractivity contribution < 1.29 is 0 Å². The number of benzene rings is 1. The van der Waals surface area contributed by atoms with Crippen molar-refractivity contribution in [2.24, 2.45) is 27.2 Å². The molecule has 1 aromatic heterocycles. The highest BCUT2D eigenvalue weighted by molar-refractivity contribution is 5.92. The van der Waals surface area contributed by atoms with E-state index in [4.69, 9.17) is 17.2 Å². The number of rotatable bonds is 3. The molecule has 98 valence electrons. The van der Waals surface area contributed by atoms with E-state index in [1.54, 1.807) is 6.20 Å². The van der Waals surface area contributed by atoms with Gasteiger partial charge in [0.2, 0.25) is 5.96 Å². The zero-order valence-electron chi connectivity index (χ0n) is 10.5. The molecule has 0 aliphatic heterocycles. The molecule has 0 spiro atoms. The highest BCUT2D eigenvalue weighted by Crippen LogP contribution is 2.16. The van der Waals surface area contributed by atoms with Gasteiger partial charge in [0.15, 0.2) is 5.96 Å². The molecule has 2 rings (SSSR count). The summed E-state index contributed by atoms with van der Waals surface area (Å²) in [6.45, 7) is 0.512. The Hall–Kier alpha value is -2.63. The van der Waals surface area contributed by atoms with E-state index in [1.165, 1.54) is 0 Å². The Morgan fingerprint density at radius 3 is 2.68 bits per heavy atom. The standard InChI is InChI=1S/C13H16N6/c14-12(15)19-13(16)18-8-6-10-4-1-3-9-5-2-7-17-11(9)10/h1-5,7H,6,8H2,(H6,14,15,16,18,19). The number of fused-ring (bicyclic) bond motifs is 1. The molecule has 0 fully saturated rings. The molecule has 19 heavy (non-hydrogen) atoms. The van der Waals surface area contributed by atoms with Crippen LogP contribution in [0.3, 0.4) is 0 Å². The van der Waals surface area contributed by atoms with E-state index in [0.717, 1.165) is 22.9 Å². The van der Waals surface area contributed by atoms with Crippen LogP contribution in [0.4, 0.5) is 0 Å². The molecular formula is C13H16N6. The number of nitrogens with two attached hydrogens (primary N) is 3. The third-order valence-corrected chi connectivity index (χ3v) is 2.61. The predicted octanol–water partition coefficient (Wildman–Crippen LogP) is 0.365. The van der Waals surface area contributed by atoms with Gasteiger partial charge in [-0.15, -0.1) is 0 Å². The number of aliphatic imine (C=N–C) groups is 2. The van der Waals surface area contributed by atoms with Gasteiger partial charge in [-0.2, -0.15) is 4.99 Å². The van der Waals surface area contributed by atoms with Crippen LogP contribution < -0.4 is 17.2 Å². The van der Waals surface area contributed by atoms with Crippen molar-refractivity contribution in [2.75, 3.05) is 6.54 Å². The lowest BCUT2D eigenvalue weighted by Crippen LogP contribution is -2.26. The summed E-state index contributed by atoms with van der Waals surface area (Å²) in [5, 5.41) is 1.11. The Morgan fingerprint density at radius 2 is 1.89 bits per heavy atom. The van der Waals surface area contributed by atoms with E-state index >= 15 is 0 Å². The van der Waals surface area contributed by atoms with Gasteiger partial charge in [0, 0.05) is 18.1 Å². The Morgan fingerprint density at radius 1 is 1.11 bits per heavy atom. The lowest BCUT2D eigenvalue weighted by Gasteiger charge is -2.03. The van der Waals surface area contributed by atoms with Crippen molar-refractivity contribution in [3.05, 3.63) is 42.1 Å².